The van der Waals surface area contributed by atoms with Crippen LogP contribution in [0.2, 0.25) is 0 Å². The van der Waals surface area contributed by atoms with E-state index < -0.39 is 10.0 Å². The van der Waals surface area contributed by atoms with Crippen LogP contribution in [0.1, 0.15) is 12.5 Å². The van der Waals surface area contributed by atoms with Gasteiger partial charge in [-0.25, -0.2) is 13.1 Å². The van der Waals surface area contributed by atoms with Crippen molar-refractivity contribution in [1.29, 1.82) is 0 Å². The number of sulfonamides is 1. The van der Waals surface area contributed by atoms with Crippen molar-refractivity contribution in [1.82, 2.24) is 9.88 Å². The highest BCUT2D eigenvalue weighted by Gasteiger charge is 2.21. The molecular formula is C19H20N2O5S. The Morgan fingerprint density at radius 2 is 1.93 bits per heavy atom. The number of nitrogens with zero attached hydrogens (tertiary/aromatic N) is 1. The van der Waals surface area contributed by atoms with E-state index in [-0.39, 0.29) is 17.2 Å². The minimum absolute atomic E-state index is 0.0437. The molecule has 1 N–H and O–H groups in total. The maximum atomic E-state index is 12.8. The average molecular weight is 388 g/mol. The molecule has 27 heavy (non-hydrogen) atoms. The minimum atomic E-state index is -3.80. The fourth-order valence-electron chi connectivity index (χ4n) is 2.60. The topological polar surface area (TPSA) is 90.7 Å². The summed E-state index contributed by atoms with van der Waals surface area (Å²) < 4.78 is 44.1. The van der Waals surface area contributed by atoms with E-state index in [4.69, 9.17) is 14.0 Å². The van der Waals surface area contributed by atoms with Crippen LogP contribution < -0.4 is 14.2 Å². The maximum Gasteiger partial charge on any atom is 0.244 e. The van der Waals surface area contributed by atoms with E-state index >= 15 is 0 Å². The van der Waals surface area contributed by atoms with Gasteiger partial charge >= 0.3 is 0 Å². The number of hydrogen-bond acceptors (Lipinski definition) is 6. The number of hydrogen-bond donors (Lipinski definition) is 1. The van der Waals surface area contributed by atoms with Crippen molar-refractivity contribution < 1.29 is 22.4 Å². The van der Waals surface area contributed by atoms with E-state index in [9.17, 15) is 8.42 Å². The number of aromatic nitrogens is 1. The summed E-state index contributed by atoms with van der Waals surface area (Å²) in [4.78, 5) is 0.0437. The van der Waals surface area contributed by atoms with Crippen molar-refractivity contribution in [2.45, 2.75) is 18.4 Å². The number of rotatable bonds is 8. The van der Waals surface area contributed by atoms with Crippen LogP contribution >= 0.6 is 0 Å². The molecule has 2 aromatic carbocycles. The lowest BCUT2D eigenvalue weighted by atomic mass is 10.1. The molecule has 0 radical (unpaired) electrons. The molecule has 0 spiro atoms. The average Bonchev–Trinajstić information content (AvgIpc) is 3.22. The SMILES string of the molecule is CCOc1ccccc1CNS(=O)(=O)c1ccc(-c2ccno2)cc1OC. The molecule has 7 nitrogen and oxygen atoms in total. The second-order valence-electron chi connectivity index (χ2n) is 5.61. The number of methoxy groups -OCH3 is 1. The quantitative estimate of drug-likeness (QED) is 0.637. The third-order valence-corrected chi connectivity index (χ3v) is 5.34. The zero-order valence-corrected chi connectivity index (χ0v) is 15.8. The number of benzene rings is 2. The highest BCUT2D eigenvalue weighted by molar-refractivity contribution is 7.89. The Morgan fingerprint density at radius 1 is 1.11 bits per heavy atom. The molecule has 0 saturated carbocycles. The smallest absolute Gasteiger partial charge is 0.244 e. The molecule has 0 atom stereocenters. The monoisotopic (exact) mass is 388 g/mol. The van der Waals surface area contributed by atoms with Gasteiger partial charge in [0.1, 0.15) is 16.4 Å². The summed E-state index contributed by atoms with van der Waals surface area (Å²) in [5, 5.41) is 3.65. The van der Waals surface area contributed by atoms with Gasteiger partial charge in [0.2, 0.25) is 10.0 Å². The molecular weight excluding hydrogens is 368 g/mol. The molecule has 0 amide bonds. The van der Waals surface area contributed by atoms with E-state index in [1.165, 1.54) is 19.4 Å². The van der Waals surface area contributed by atoms with E-state index in [1.807, 2.05) is 25.1 Å². The molecule has 142 valence electrons. The summed E-state index contributed by atoms with van der Waals surface area (Å²) in [5.41, 5.74) is 1.42. The molecule has 1 aromatic heterocycles. The summed E-state index contributed by atoms with van der Waals surface area (Å²) in [7, 11) is -2.38. The fourth-order valence-corrected chi connectivity index (χ4v) is 3.76. The van der Waals surface area contributed by atoms with Crippen LogP contribution in [-0.4, -0.2) is 27.3 Å². The van der Waals surface area contributed by atoms with Crippen molar-refractivity contribution >= 4 is 10.0 Å². The van der Waals surface area contributed by atoms with Crippen LogP contribution in [0.4, 0.5) is 0 Å². The normalized spacial score (nSPS) is 11.3. The van der Waals surface area contributed by atoms with Gasteiger partial charge in [0.25, 0.3) is 0 Å². The van der Waals surface area contributed by atoms with Crippen LogP contribution in [0.3, 0.4) is 0 Å². The van der Waals surface area contributed by atoms with Crippen LogP contribution in [0.15, 0.2) is 64.1 Å². The van der Waals surface area contributed by atoms with Gasteiger partial charge in [-0.1, -0.05) is 23.4 Å². The number of para-hydroxylation sites is 1. The first-order valence-electron chi connectivity index (χ1n) is 8.34. The molecule has 0 aliphatic rings. The van der Waals surface area contributed by atoms with Gasteiger partial charge in [-0.15, -0.1) is 0 Å². The zero-order valence-electron chi connectivity index (χ0n) is 15.0. The molecule has 0 saturated heterocycles. The second kappa shape index (κ2) is 8.24. The van der Waals surface area contributed by atoms with Gasteiger partial charge in [-0.3, -0.25) is 0 Å². The van der Waals surface area contributed by atoms with E-state index in [2.05, 4.69) is 9.88 Å². The van der Waals surface area contributed by atoms with Crippen molar-refractivity contribution in [3.05, 3.63) is 60.3 Å². The van der Waals surface area contributed by atoms with Crippen molar-refractivity contribution in [2.75, 3.05) is 13.7 Å². The van der Waals surface area contributed by atoms with Gasteiger partial charge < -0.3 is 14.0 Å². The second-order valence-corrected chi connectivity index (χ2v) is 7.34. The Kier molecular flexibility index (Phi) is 5.78. The Balaban J connectivity index is 1.85. The van der Waals surface area contributed by atoms with E-state index in [1.54, 1.807) is 24.3 Å². The largest absolute Gasteiger partial charge is 0.495 e. The first-order chi connectivity index (χ1) is 13.0. The van der Waals surface area contributed by atoms with Crippen LogP contribution in [-0.2, 0) is 16.6 Å². The number of ether oxygens (including phenoxy) is 2. The third-order valence-electron chi connectivity index (χ3n) is 3.90. The summed E-state index contributed by atoms with van der Waals surface area (Å²) in [6.07, 6.45) is 1.52. The van der Waals surface area contributed by atoms with Crippen molar-refractivity contribution in [3.8, 4) is 22.8 Å². The molecule has 1 heterocycles. The molecule has 0 unspecified atom stereocenters. The zero-order chi connectivity index (χ0) is 19.3. The van der Waals surface area contributed by atoms with Gasteiger partial charge in [0.15, 0.2) is 5.76 Å². The molecule has 0 aliphatic heterocycles. The van der Waals surface area contributed by atoms with E-state index in [0.717, 1.165) is 5.56 Å². The predicted octanol–water partition coefficient (Wildman–Crippen LogP) is 3.23. The molecule has 3 rings (SSSR count). The Morgan fingerprint density at radius 3 is 2.63 bits per heavy atom. The fraction of sp³-hybridized carbons (Fsp3) is 0.211. The minimum Gasteiger partial charge on any atom is -0.495 e. The summed E-state index contributed by atoms with van der Waals surface area (Å²) >= 11 is 0. The molecule has 8 heteroatoms. The first kappa shape index (κ1) is 18.9. The lowest BCUT2D eigenvalue weighted by Gasteiger charge is -2.13. The van der Waals surface area contributed by atoms with Crippen LogP contribution in [0.5, 0.6) is 11.5 Å². The lowest BCUT2D eigenvalue weighted by molar-refractivity contribution is 0.336. The third kappa shape index (κ3) is 4.29. The predicted molar refractivity (Wildman–Crippen MR) is 100 cm³/mol. The molecule has 0 fully saturated rings. The van der Waals surface area contributed by atoms with Crippen LogP contribution in [0.25, 0.3) is 11.3 Å². The van der Waals surface area contributed by atoms with Crippen LogP contribution in [0, 0.1) is 0 Å². The lowest BCUT2D eigenvalue weighted by Crippen LogP contribution is -2.24. The van der Waals surface area contributed by atoms with Gasteiger partial charge in [-0.05, 0) is 31.2 Å². The maximum absolute atomic E-state index is 12.8. The van der Waals surface area contributed by atoms with Gasteiger partial charge in [0.05, 0.1) is 19.9 Å². The molecule has 0 bridgehead atoms. The Hall–Kier alpha value is -2.84. The Bertz CT molecular complexity index is 1000. The molecule has 0 aliphatic carbocycles. The van der Waals surface area contributed by atoms with Gasteiger partial charge in [-0.2, -0.15) is 0 Å². The highest BCUT2D eigenvalue weighted by atomic mass is 32.2. The van der Waals surface area contributed by atoms with Gasteiger partial charge in [0, 0.05) is 23.7 Å². The summed E-state index contributed by atoms with van der Waals surface area (Å²) in [6, 6.07) is 13.7. The molecule has 3 aromatic rings. The van der Waals surface area contributed by atoms with Crippen molar-refractivity contribution in [2.24, 2.45) is 0 Å². The highest BCUT2D eigenvalue weighted by Crippen LogP contribution is 2.30. The summed E-state index contributed by atoms with van der Waals surface area (Å²) in [6.45, 7) is 2.48. The summed E-state index contributed by atoms with van der Waals surface area (Å²) in [5.74, 6) is 1.39. The van der Waals surface area contributed by atoms with Crippen molar-refractivity contribution in [3.63, 3.8) is 0 Å². The van der Waals surface area contributed by atoms with E-state index in [0.29, 0.717) is 23.7 Å². The Labute approximate surface area is 158 Å². The number of nitrogens with one attached hydrogen (secondary N) is 1. The standard InChI is InChI=1S/C19H20N2O5S/c1-3-25-16-7-5-4-6-15(16)13-21-27(22,23)19-9-8-14(12-18(19)24-2)17-10-11-20-26-17/h4-12,21H,3,13H2,1-2H3. The first-order valence-corrected chi connectivity index (χ1v) is 9.83.